The zero-order valence-corrected chi connectivity index (χ0v) is 13.6. The van der Waals surface area contributed by atoms with Crippen LogP contribution < -0.4 is 5.32 Å². The van der Waals surface area contributed by atoms with Gasteiger partial charge in [-0.2, -0.15) is 0 Å². The van der Waals surface area contributed by atoms with Gasteiger partial charge in [0.1, 0.15) is 6.04 Å². The lowest BCUT2D eigenvalue weighted by Crippen LogP contribution is -2.38. The molecule has 3 rings (SSSR count). The highest BCUT2D eigenvalue weighted by Gasteiger charge is 2.42. The Hall–Kier alpha value is -2.72. The van der Waals surface area contributed by atoms with Crippen LogP contribution in [0.25, 0.3) is 6.08 Å². The van der Waals surface area contributed by atoms with Gasteiger partial charge >= 0.3 is 0 Å². The van der Waals surface area contributed by atoms with Crippen molar-refractivity contribution >= 4 is 17.9 Å². The van der Waals surface area contributed by atoms with Gasteiger partial charge in [-0.05, 0) is 23.7 Å². The molecule has 2 aromatic rings. The van der Waals surface area contributed by atoms with Crippen LogP contribution in [0.1, 0.15) is 18.1 Å². The standard InChI is InChI=1S/C20H20N2O2/c1-2-21-18-17(13-15-9-5-3-6-10-15)19(23)22(20(18)24)14-16-11-7-4-8-12-16/h3-13,18,21H,2,14H2,1H3. The van der Waals surface area contributed by atoms with Crippen molar-refractivity contribution in [1.29, 1.82) is 0 Å². The molecule has 24 heavy (non-hydrogen) atoms. The maximum absolute atomic E-state index is 12.8. The highest BCUT2D eigenvalue weighted by atomic mass is 16.2. The predicted molar refractivity (Wildman–Crippen MR) is 93.9 cm³/mol. The van der Waals surface area contributed by atoms with E-state index in [4.69, 9.17) is 0 Å². The van der Waals surface area contributed by atoms with Crippen LogP contribution in [0.2, 0.25) is 0 Å². The van der Waals surface area contributed by atoms with Gasteiger partial charge in [-0.3, -0.25) is 14.5 Å². The Bertz CT molecular complexity index is 754. The Morgan fingerprint density at radius 3 is 2.25 bits per heavy atom. The lowest BCUT2D eigenvalue weighted by molar-refractivity contribution is -0.139. The average Bonchev–Trinajstić information content (AvgIpc) is 2.82. The van der Waals surface area contributed by atoms with Gasteiger partial charge in [-0.15, -0.1) is 0 Å². The van der Waals surface area contributed by atoms with E-state index in [9.17, 15) is 9.59 Å². The van der Waals surface area contributed by atoms with Crippen LogP contribution >= 0.6 is 0 Å². The fourth-order valence-corrected chi connectivity index (χ4v) is 2.86. The molecule has 4 nitrogen and oxygen atoms in total. The first-order valence-electron chi connectivity index (χ1n) is 8.10. The van der Waals surface area contributed by atoms with Gasteiger partial charge in [0, 0.05) is 5.57 Å². The summed E-state index contributed by atoms with van der Waals surface area (Å²) in [6, 6.07) is 18.6. The van der Waals surface area contributed by atoms with Crippen LogP contribution in [0.3, 0.4) is 0 Å². The molecule has 0 aromatic heterocycles. The predicted octanol–water partition coefficient (Wildman–Crippen LogP) is 2.62. The summed E-state index contributed by atoms with van der Waals surface area (Å²) >= 11 is 0. The molecule has 0 radical (unpaired) electrons. The third kappa shape index (κ3) is 3.29. The minimum absolute atomic E-state index is 0.187. The summed E-state index contributed by atoms with van der Waals surface area (Å²) in [7, 11) is 0. The number of benzene rings is 2. The molecule has 1 aliphatic heterocycles. The maximum Gasteiger partial charge on any atom is 0.258 e. The third-order valence-corrected chi connectivity index (χ3v) is 4.03. The van der Waals surface area contributed by atoms with E-state index in [1.54, 1.807) is 6.08 Å². The third-order valence-electron chi connectivity index (χ3n) is 4.03. The zero-order valence-electron chi connectivity index (χ0n) is 13.6. The maximum atomic E-state index is 12.8. The fourth-order valence-electron chi connectivity index (χ4n) is 2.86. The molecule has 1 heterocycles. The summed E-state index contributed by atoms with van der Waals surface area (Å²) in [5.41, 5.74) is 2.36. The number of nitrogens with zero attached hydrogens (tertiary/aromatic N) is 1. The fraction of sp³-hybridized carbons (Fsp3) is 0.200. The Balaban J connectivity index is 1.92. The van der Waals surface area contributed by atoms with Crippen LogP contribution in [-0.4, -0.2) is 29.3 Å². The highest BCUT2D eigenvalue weighted by molar-refractivity contribution is 6.18. The molecular weight excluding hydrogens is 300 g/mol. The van der Waals surface area contributed by atoms with Crippen molar-refractivity contribution in [3.63, 3.8) is 0 Å². The van der Waals surface area contributed by atoms with Gasteiger partial charge in [-0.25, -0.2) is 0 Å². The van der Waals surface area contributed by atoms with Gasteiger partial charge in [0.25, 0.3) is 11.8 Å². The first-order valence-corrected chi connectivity index (χ1v) is 8.10. The Labute approximate surface area is 141 Å². The van der Waals surface area contributed by atoms with Gasteiger partial charge in [-0.1, -0.05) is 67.6 Å². The number of hydrogen-bond donors (Lipinski definition) is 1. The minimum atomic E-state index is -0.577. The molecule has 1 N–H and O–H groups in total. The Morgan fingerprint density at radius 1 is 1.00 bits per heavy atom. The normalized spacial score (nSPS) is 19.3. The molecule has 0 saturated carbocycles. The van der Waals surface area contributed by atoms with Crippen LogP contribution in [-0.2, 0) is 16.1 Å². The molecule has 1 fully saturated rings. The van der Waals surface area contributed by atoms with Crippen molar-refractivity contribution in [3.8, 4) is 0 Å². The molecule has 0 spiro atoms. The second kappa shape index (κ2) is 7.23. The molecule has 2 aromatic carbocycles. The summed E-state index contributed by atoms with van der Waals surface area (Å²) in [5.74, 6) is -0.411. The van der Waals surface area contributed by atoms with E-state index < -0.39 is 6.04 Å². The number of carbonyl (C=O) groups excluding carboxylic acids is 2. The quantitative estimate of drug-likeness (QED) is 0.680. The number of imide groups is 1. The number of nitrogens with one attached hydrogen (secondary N) is 1. The van der Waals surface area contributed by atoms with Gasteiger partial charge < -0.3 is 5.32 Å². The van der Waals surface area contributed by atoms with Gasteiger partial charge in [0.15, 0.2) is 0 Å². The molecule has 122 valence electrons. The topological polar surface area (TPSA) is 49.4 Å². The van der Waals surface area contributed by atoms with Crippen molar-refractivity contribution in [3.05, 3.63) is 77.4 Å². The van der Waals surface area contributed by atoms with Crippen molar-refractivity contribution in [2.75, 3.05) is 6.54 Å². The van der Waals surface area contributed by atoms with E-state index in [0.717, 1.165) is 11.1 Å². The molecule has 1 atom stereocenters. The highest BCUT2D eigenvalue weighted by Crippen LogP contribution is 2.24. The zero-order chi connectivity index (χ0) is 16.9. The van der Waals surface area contributed by atoms with Crippen molar-refractivity contribution in [2.24, 2.45) is 0 Å². The van der Waals surface area contributed by atoms with Crippen LogP contribution in [0.15, 0.2) is 66.2 Å². The summed E-state index contributed by atoms with van der Waals surface area (Å²) < 4.78 is 0. The average molecular weight is 320 g/mol. The van der Waals surface area contributed by atoms with E-state index in [0.29, 0.717) is 18.7 Å². The molecule has 1 unspecified atom stereocenters. The summed E-state index contributed by atoms with van der Waals surface area (Å²) in [4.78, 5) is 26.9. The second-order valence-corrected chi connectivity index (χ2v) is 5.72. The summed E-state index contributed by atoms with van der Waals surface area (Å²) in [5, 5.41) is 3.13. The first-order chi connectivity index (χ1) is 11.7. The van der Waals surface area contributed by atoms with Crippen LogP contribution in [0.5, 0.6) is 0 Å². The van der Waals surface area contributed by atoms with E-state index in [1.807, 2.05) is 67.6 Å². The van der Waals surface area contributed by atoms with Crippen LogP contribution in [0.4, 0.5) is 0 Å². The number of hydrogen-bond acceptors (Lipinski definition) is 3. The van der Waals surface area contributed by atoms with E-state index in [2.05, 4.69) is 5.32 Å². The molecule has 2 amide bonds. The smallest absolute Gasteiger partial charge is 0.258 e. The molecule has 0 bridgehead atoms. The number of likely N-dealkylation sites (N-methyl/N-ethyl adjacent to an activating group) is 1. The molecule has 4 heteroatoms. The van der Waals surface area contributed by atoms with E-state index in [-0.39, 0.29) is 11.8 Å². The summed E-state index contributed by atoms with van der Waals surface area (Å²) in [6.45, 7) is 2.85. The van der Waals surface area contributed by atoms with E-state index in [1.165, 1.54) is 4.90 Å². The Morgan fingerprint density at radius 2 is 1.62 bits per heavy atom. The van der Waals surface area contributed by atoms with E-state index >= 15 is 0 Å². The van der Waals surface area contributed by atoms with Crippen molar-refractivity contribution < 1.29 is 9.59 Å². The second-order valence-electron chi connectivity index (χ2n) is 5.72. The van der Waals surface area contributed by atoms with Crippen molar-refractivity contribution in [2.45, 2.75) is 19.5 Å². The van der Waals surface area contributed by atoms with Crippen molar-refractivity contribution in [1.82, 2.24) is 10.2 Å². The number of amides is 2. The number of rotatable bonds is 5. The van der Waals surface area contributed by atoms with Gasteiger partial charge in [0.05, 0.1) is 6.54 Å². The summed E-state index contributed by atoms with van der Waals surface area (Å²) in [6.07, 6.45) is 1.80. The Kier molecular flexibility index (Phi) is 4.87. The molecule has 1 saturated heterocycles. The molecular formula is C20H20N2O2. The largest absolute Gasteiger partial charge is 0.302 e. The minimum Gasteiger partial charge on any atom is -0.302 e. The SMILES string of the molecule is CCNC1C(=O)N(Cc2ccccc2)C(=O)C1=Cc1ccccc1. The molecule has 0 aliphatic carbocycles. The number of likely N-dealkylation sites (tertiary alicyclic amines) is 1. The van der Waals surface area contributed by atoms with Gasteiger partial charge in [0.2, 0.25) is 0 Å². The lowest BCUT2D eigenvalue weighted by Gasteiger charge is -2.14. The molecule has 1 aliphatic rings. The monoisotopic (exact) mass is 320 g/mol. The number of carbonyl (C=O) groups is 2. The first kappa shape index (κ1) is 16.1. The van der Waals surface area contributed by atoms with Crippen LogP contribution in [0, 0.1) is 0 Å². The lowest BCUT2D eigenvalue weighted by atomic mass is 10.1.